The van der Waals surface area contributed by atoms with E-state index in [0.717, 1.165) is 25.7 Å². The van der Waals surface area contributed by atoms with E-state index in [9.17, 15) is 14.4 Å². The van der Waals surface area contributed by atoms with E-state index < -0.39 is 17.8 Å². The highest BCUT2D eigenvalue weighted by Gasteiger charge is 2.56. The fraction of sp³-hybridized carbons (Fsp3) is 0.667. The number of nitrogens with zero attached hydrogens (tertiary/aromatic N) is 1. The van der Waals surface area contributed by atoms with Crippen LogP contribution >= 0.6 is 0 Å². The van der Waals surface area contributed by atoms with Crippen LogP contribution < -0.4 is 0 Å². The minimum absolute atomic E-state index is 0.144. The zero-order valence-electron chi connectivity index (χ0n) is 11.5. The minimum Gasteiger partial charge on any atom is -0.330 e. The molecule has 106 valence electrons. The summed E-state index contributed by atoms with van der Waals surface area (Å²) in [6.07, 6.45) is 4.31. The number of imide groups is 1. The molecule has 5 nitrogen and oxygen atoms in total. The van der Waals surface area contributed by atoms with Crippen molar-refractivity contribution in [2.24, 2.45) is 17.3 Å². The van der Waals surface area contributed by atoms with Crippen LogP contribution in [0.3, 0.4) is 0 Å². The molecule has 1 aliphatic heterocycles. The first-order valence-electron chi connectivity index (χ1n) is 7.26. The third-order valence-electron chi connectivity index (χ3n) is 5.56. The van der Waals surface area contributed by atoms with E-state index in [0.29, 0.717) is 16.4 Å². The molecule has 1 saturated heterocycles. The predicted molar refractivity (Wildman–Crippen MR) is 67.8 cm³/mol. The standard InChI is InChI=1S/C15H17NO4/c1-15-6-8-4-9(15)5-10(11(8)7-15)14(19)20-16-12(17)2-3-13(16)18/h9-10H,2-7H2,1H3/t9-,10?,15?/m1/s1. The van der Waals surface area contributed by atoms with Gasteiger partial charge in [-0.3, -0.25) is 9.59 Å². The molecule has 3 fully saturated rings. The summed E-state index contributed by atoms with van der Waals surface area (Å²) in [6, 6.07) is 0. The van der Waals surface area contributed by atoms with E-state index in [1.54, 1.807) is 0 Å². The lowest BCUT2D eigenvalue weighted by molar-refractivity contribution is -0.200. The summed E-state index contributed by atoms with van der Waals surface area (Å²) < 4.78 is 0. The molecule has 4 bridgehead atoms. The lowest BCUT2D eigenvalue weighted by atomic mass is 9.64. The maximum Gasteiger partial charge on any atom is 0.340 e. The first-order chi connectivity index (χ1) is 9.48. The molecule has 0 aromatic carbocycles. The Kier molecular flexibility index (Phi) is 2.25. The third-order valence-corrected chi connectivity index (χ3v) is 5.56. The molecule has 20 heavy (non-hydrogen) atoms. The van der Waals surface area contributed by atoms with Gasteiger partial charge in [0, 0.05) is 12.8 Å². The van der Waals surface area contributed by atoms with Gasteiger partial charge in [-0.05, 0) is 37.0 Å². The van der Waals surface area contributed by atoms with Crippen LogP contribution in [-0.4, -0.2) is 22.8 Å². The molecule has 0 aromatic heterocycles. The molecule has 0 radical (unpaired) electrons. The SMILES string of the molecule is CC12CC3=C(C1)C(C(=O)ON1C(=O)CCC1=O)C[C@H]2C3. The number of rotatable bonds is 2. The van der Waals surface area contributed by atoms with Crippen LogP contribution in [0.4, 0.5) is 0 Å². The summed E-state index contributed by atoms with van der Waals surface area (Å²) in [4.78, 5) is 40.4. The van der Waals surface area contributed by atoms with Gasteiger partial charge in [-0.1, -0.05) is 18.1 Å². The van der Waals surface area contributed by atoms with Gasteiger partial charge in [0.2, 0.25) is 0 Å². The fourth-order valence-corrected chi connectivity index (χ4v) is 4.47. The third kappa shape index (κ3) is 1.46. The van der Waals surface area contributed by atoms with Crippen molar-refractivity contribution in [3.8, 4) is 0 Å². The first kappa shape index (κ1) is 12.1. The van der Waals surface area contributed by atoms with Gasteiger partial charge < -0.3 is 4.84 Å². The van der Waals surface area contributed by atoms with Crippen LogP contribution in [0.1, 0.15) is 45.4 Å². The molecular weight excluding hydrogens is 258 g/mol. The number of hydrogen-bond acceptors (Lipinski definition) is 4. The molecule has 5 rings (SSSR count). The second kappa shape index (κ2) is 3.71. The zero-order valence-corrected chi connectivity index (χ0v) is 11.5. The molecule has 0 spiro atoms. The molecule has 2 saturated carbocycles. The van der Waals surface area contributed by atoms with Crippen molar-refractivity contribution in [3.63, 3.8) is 0 Å². The number of hydrogen-bond donors (Lipinski definition) is 0. The Bertz CT molecular complexity index is 562. The van der Waals surface area contributed by atoms with Crippen LogP contribution in [-0.2, 0) is 19.2 Å². The van der Waals surface area contributed by atoms with Crippen molar-refractivity contribution in [1.29, 1.82) is 0 Å². The minimum atomic E-state index is -0.422. The van der Waals surface area contributed by atoms with Crippen LogP contribution in [0.2, 0.25) is 0 Å². The Morgan fingerprint density at radius 3 is 2.50 bits per heavy atom. The molecule has 5 aliphatic rings. The topological polar surface area (TPSA) is 63.7 Å². The highest BCUT2D eigenvalue weighted by Crippen LogP contribution is 2.64. The smallest absolute Gasteiger partial charge is 0.330 e. The Labute approximate surface area is 116 Å². The summed E-state index contributed by atoms with van der Waals surface area (Å²) >= 11 is 0. The lowest BCUT2D eigenvalue weighted by Crippen LogP contribution is -2.40. The maximum absolute atomic E-state index is 12.3. The van der Waals surface area contributed by atoms with Crippen LogP contribution in [0.5, 0.6) is 0 Å². The molecule has 3 atom stereocenters. The molecule has 4 aliphatic carbocycles. The van der Waals surface area contributed by atoms with Crippen LogP contribution in [0.15, 0.2) is 11.1 Å². The van der Waals surface area contributed by atoms with E-state index in [1.807, 2.05) is 0 Å². The van der Waals surface area contributed by atoms with Gasteiger partial charge in [0.25, 0.3) is 11.8 Å². The van der Waals surface area contributed by atoms with Crippen molar-refractivity contribution < 1.29 is 19.2 Å². The van der Waals surface area contributed by atoms with Crippen molar-refractivity contribution >= 4 is 17.8 Å². The van der Waals surface area contributed by atoms with Gasteiger partial charge in [-0.15, -0.1) is 5.06 Å². The first-order valence-corrected chi connectivity index (χ1v) is 7.26. The van der Waals surface area contributed by atoms with Gasteiger partial charge in [0.05, 0.1) is 5.92 Å². The zero-order chi connectivity index (χ0) is 14.1. The largest absolute Gasteiger partial charge is 0.340 e. The second-order valence-electron chi connectivity index (χ2n) is 6.82. The van der Waals surface area contributed by atoms with Gasteiger partial charge in [0.1, 0.15) is 0 Å². The van der Waals surface area contributed by atoms with Crippen molar-refractivity contribution in [1.82, 2.24) is 5.06 Å². The molecule has 0 N–H and O–H groups in total. The fourth-order valence-electron chi connectivity index (χ4n) is 4.47. The van der Waals surface area contributed by atoms with E-state index in [4.69, 9.17) is 4.84 Å². The summed E-state index contributed by atoms with van der Waals surface area (Å²) in [5, 5.41) is 0.669. The van der Waals surface area contributed by atoms with E-state index in [2.05, 4.69) is 6.92 Å². The van der Waals surface area contributed by atoms with Gasteiger partial charge in [0.15, 0.2) is 0 Å². The average Bonchev–Trinajstić information content (AvgIpc) is 2.99. The quantitative estimate of drug-likeness (QED) is 0.568. The Balaban J connectivity index is 1.53. The normalized spacial score (nSPS) is 38.4. The maximum atomic E-state index is 12.3. The number of allylic oxidation sites excluding steroid dienone is 1. The molecule has 2 amide bonds. The predicted octanol–water partition coefficient (Wildman–Crippen LogP) is 1.73. The number of fused-ring (bicyclic) bond motifs is 1. The Morgan fingerprint density at radius 2 is 1.95 bits per heavy atom. The summed E-state index contributed by atoms with van der Waals surface area (Å²) in [5.74, 6) is -0.913. The Morgan fingerprint density at radius 1 is 1.25 bits per heavy atom. The highest BCUT2D eigenvalue weighted by atomic mass is 16.7. The molecule has 0 aromatic rings. The molecule has 2 unspecified atom stereocenters. The summed E-state index contributed by atoms with van der Waals surface area (Å²) in [7, 11) is 0. The lowest BCUT2D eigenvalue weighted by Gasteiger charge is -2.40. The summed E-state index contributed by atoms with van der Waals surface area (Å²) in [6.45, 7) is 2.30. The van der Waals surface area contributed by atoms with E-state index in [-0.39, 0.29) is 18.8 Å². The molecular formula is C15H17NO4. The van der Waals surface area contributed by atoms with Gasteiger partial charge in [-0.2, -0.15) is 0 Å². The number of carbonyl (C=O) groups excluding carboxylic acids is 3. The second-order valence-corrected chi connectivity index (χ2v) is 6.82. The average molecular weight is 275 g/mol. The monoisotopic (exact) mass is 275 g/mol. The molecule has 1 heterocycles. The van der Waals surface area contributed by atoms with Crippen LogP contribution in [0.25, 0.3) is 0 Å². The van der Waals surface area contributed by atoms with E-state index >= 15 is 0 Å². The van der Waals surface area contributed by atoms with Gasteiger partial charge >= 0.3 is 5.97 Å². The van der Waals surface area contributed by atoms with Crippen molar-refractivity contribution in [2.45, 2.75) is 45.4 Å². The Hall–Kier alpha value is -1.65. The number of amides is 2. The van der Waals surface area contributed by atoms with Crippen molar-refractivity contribution in [2.75, 3.05) is 0 Å². The summed E-state index contributed by atoms with van der Waals surface area (Å²) in [5.41, 5.74) is 2.99. The highest BCUT2D eigenvalue weighted by molar-refractivity contribution is 6.01. The number of hydroxylamine groups is 2. The number of carbonyl (C=O) groups is 3. The van der Waals surface area contributed by atoms with E-state index in [1.165, 1.54) is 11.1 Å². The van der Waals surface area contributed by atoms with Gasteiger partial charge in [-0.25, -0.2) is 4.79 Å². The van der Waals surface area contributed by atoms with Crippen molar-refractivity contribution in [3.05, 3.63) is 11.1 Å². The molecule has 5 heteroatoms. The van der Waals surface area contributed by atoms with Crippen LogP contribution in [0, 0.1) is 17.3 Å².